The second-order valence-corrected chi connectivity index (χ2v) is 7.75. The lowest BCUT2D eigenvalue weighted by molar-refractivity contribution is 0.0304. The first-order valence-corrected chi connectivity index (χ1v) is 9.91. The molecule has 138 valence electrons. The van der Waals surface area contributed by atoms with E-state index in [1.807, 2.05) is 59.5 Å². The first-order valence-electron chi connectivity index (χ1n) is 8.74. The number of aromatic nitrogens is 1. The Labute approximate surface area is 170 Å². The first-order chi connectivity index (χ1) is 13.1. The van der Waals surface area contributed by atoms with Gasteiger partial charge in [-0.1, -0.05) is 51.8 Å². The Bertz CT molecular complexity index is 1000. The molecule has 2 aromatic carbocycles. The van der Waals surface area contributed by atoms with E-state index in [1.54, 1.807) is 0 Å². The van der Waals surface area contributed by atoms with Crippen LogP contribution in [0.4, 0.5) is 0 Å². The molecule has 1 amide bonds. The van der Waals surface area contributed by atoms with Crippen LogP contribution in [0.15, 0.2) is 46.9 Å². The van der Waals surface area contributed by atoms with Crippen molar-refractivity contribution in [1.82, 2.24) is 9.88 Å². The van der Waals surface area contributed by atoms with Crippen molar-refractivity contribution in [3.05, 3.63) is 68.8 Å². The molecule has 0 aliphatic carbocycles. The summed E-state index contributed by atoms with van der Waals surface area (Å²) in [7, 11) is 0. The fourth-order valence-electron chi connectivity index (χ4n) is 3.22. The zero-order valence-electron chi connectivity index (χ0n) is 14.5. The fraction of sp³-hybridized carbons (Fsp3) is 0.190. The second-order valence-electron chi connectivity index (χ2n) is 6.39. The van der Waals surface area contributed by atoms with Crippen molar-refractivity contribution < 1.29 is 9.53 Å². The first kappa shape index (κ1) is 18.3. The molecule has 1 aromatic heterocycles. The number of ether oxygens (including phenoxy) is 1. The Morgan fingerprint density at radius 1 is 1.11 bits per heavy atom. The molecule has 4 nitrogen and oxygen atoms in total. The van der Waals surface area contributed by atoms with Crippen molar-refractivity contribution in [3.8, 4) is 0 Å². The van der Waals surface area contributed by atoms with E-state index in [2.05, 4.69) is 20.9 Å². The average Bonchev–Trinajstić information content (AvgIpc) is 3.05. The number of nitrogens with zero attached hydrogens (tertiary/aromatic N) is 1. The molecule has 0 spiro atoms. The minimum absolute atomic E-state index is 0.0302. The highest BCUT2D eigenvalue weighted by Gasteiger charge is 2.24. The van der Waals surface area contributed by atoms with Gasteiger partial charge in [0.15, 0.2) is 0 Å². The summed E-state index contributed by atoms with van der Waals surface area (Å²) < 4.78 is 6.35. The lowest BCUT2D eigenvalue weighted by Gasteiger charge is -2.27. The van der Waals surface area contributed by atoms with Gasteiger partial charge >= 0.3 is 0 Å². The zero-order valence-corrected chi connectivity index (χ0v) is 16.9. The molecule has 0 atom stereocenters. The van der Waals surface area contributed by atoms with Crippen LogP contribution in [0.1, 0.15) is 21.6 Å². The Balaban J connectivity index is 1.76. The van der Waals surface area contributed by atoms with Gasteiger partial charge in [0.25, 0.3) is 5.91 Å². The van der Waals surface area contributed by atoms with Crippen LogP contribution in [0.3, 0.4) is 0 Å². The fourth-order valence-corrected chi connectivity index (χ4v) is 3.71. The van der Waals surface area contributed by atoms with Crippen LogP contribution >= 0.6 is 27.5 Å². The van der Waals surface area contributed by atoms with E-state index in [4.69, 9.17) is 16.3 Å². The van der Waals surface area contributed by atoms with Gasteiger partial charge in [-0.25, -0.2) is 0 Å². The number of carbonyl (C=O) groups excluding carboxylic acids is 1. The maximum atomic E-state index is 13.2. The number of hydrogen-bond donors (Lipinski definition) is 1. The van der Waals surface area contributed by atoms with Gasteiger partial charge in [-0.15, -0.1) is 0 Å². The minimum Gasteiger partial charge on any atom is -0.378 e. The smallest absolute Gasteiger partial charge is 0.256 e. The van der Waals surface area contributed by atoms with E-state index in [0.29, 0.717) is 36.9 Å². The highest BCUT2D eigenvalue weighted by atomic mass is 79.9. The Morgan fingerprint density at radius 3 is 2.59 bits per heavy atom. The summed E-state index contributed by atoms with van der Waals surface area (Å²) in [4.78, 5) is 18.5. The topological polar surface area (TPSA) is 45.3 Å². The number of H-pyrrole nitrogens is 1. The predicted octanol–water partition coefficient (Wildman–Crippen LogP) is 5.23. The van der Waals surface area contributed by atoms with E-state index in [0.717, 1.165) is 26.6 Å². The minimum atomic E-state index is 0.0302. The third-order valence-corrected chi connectivity index (χ3v) is 5.36. The molecule has 2 heterocycles. The summed E-state index contributed by atoms with van der Waals surface area (Å²) in [5.74, 6) is 0.0302. The normalized spacial score (nSPS) is 15.0. The largest absolute Gasteiger partial charge is 0.378 e. The summed E-state index contributed by atoms with van der Waals surface area (Å²) in [6, 6.07) is 13.5. The van der Waals surface area contributed by atoms with Crippen LogP contribution in [0.2, 0.25) is 5.02 Å². The van der Waals surface area contributed by atoms with Crippen LogP contribution < -0.4 is 0 Å². The van der Waals surface area contributed by atoms with Crippen LogP contribution in [0, 0.1) is 0 Å². The van der Waals surface area contributed by atoms with Crippen molar-refractivity contribution in [1.29, 1.82) is 0 Å². The van der Waals surface area contributed by atoms with Crippen LogP contribution in [-0.4, -0.2) is 42.1 Å². The summed E-state index contributed by atoms with van der Waals surface area (Å²) >= 11 is 9.45. The standard InChI is InChI=1S/C21H18BrClN2O2/c22-15-4-7-17-19(13-15)24-18(8-3-14-1-5-16(23)6-2-14)20(17)21(26)25-9-11-27-12-10-25/h1-8,13,24H,9-12H2. The highest BCUT2D eigenvalue weighted by molar-refractivity contribution is 9.10. The number of carbonyl (C=O) groups is 1. The molecule has 6 heteroatoms. The van der Waals surface area contributed by atoms with Crippen LogP contribution in [0.5, 0.6) is 0 Å². The average molecular weight is 446 g/mol. The number of halogens is 2. The van der Waals surface area contributed by atoms with Gasteiger partial charge < -0.3 is 14.6 Å². The number of rotatable bonds is 3. The molecule has 1 aliphatic heterocycles. The Kier molecular flexibility index (Phi) is 5.34. The molecule has 0 bridgehead atoms. The maximum absolute atomic E-state index is 13.2. The molecule has 0 unspecified atom stereocenters. The monoisotopic (exact) mass is 444 g/mol. The van der Waals surface area contributed by atoms with E-state index in [-0.39, 0.29) is 5.91 Å². The molecule has 27 heavy (non-hydrogen) atoms. The van der Waals surface area contributed by atoms with E-state index in [1.165, 1.54) is 0 Å². The summed E-state index contributed by atoms with van der Waals surface area (Å²) in [5, 5.41) is 1.62. The molecule has 0 saturated carbocycles. The number of benzene rings is 2. The number of fused-ring (bicyclic) bond motifs is 1. The molecule has 1 N–H and O–H groups in total. The van der Waals surface area contributed by atoms with Crippen LogP contribution in [-0.2, 0) is 4.74 Å². The lowest BCUT2D eigenvalue weighted by atomic mass is 10.1. The van der Waals surface area contributed by atoms with Gasteiger partial charge in [-0.2, -0.15) is 0 Å². The Hall–Kier alpha value is -2.08. The van der Waals surface area contributed by atoms with Gasteiger partial charge in [0, 0.05) is 33.5 Å². The third-order valence-electron chi connectivity index (χ3n) is 4.61. The van der Waals surface area contributed by atoms with Gasteiger partial charge in [0.1, 0.15) is 0 Å². The van der Waals surface area contributed by atoms with Gasteiger partial charge in [-0.3, -0.25) is 4.79 Å². The molecule has 3 aromatic rings. The SMILES string of the molecule is O=C(c1c(C=Cc2ccc(Cl)cc2)[nH]c2cc(Br)ccc12)N1CCOCC1. The predicted molar refractivity (Wildman–Crippen MR) is 113 cm³/mol. The number of hydrogen-bond acceptors (Lipinski definition) is 2. The summed E-state index contributed by atoms with van der Waals surface area (Å²) in [6.45, 7) is 2.38. The van der Waals surface area contributed by atoms with Crippen molar-refractivity contribution in [2.45, 2.75) is 0 Å². The molecule has 1 fully saturated rings. The second kappa shape index (κ2) is 7.89. The van der Waals surface area contributed by atoms with Gasteiger partial charge in [0.2, 0.25) is 0 Å². The van der Waals surface area contributed by atoms with Crippen molar-refractivity contribution in [3.63, 3.8) is 0 Å². The highest BCUT2D eigenvalue weighted by Crippen LogP contribution is 2.28. The van der Waals surface area contributed by atoms with Crippen LogP contribution in [0.25, 0.3) is 23.1 Å². The molecular formula is C21H18BrClN2O2. The number of nitrogens with one attached hydrogen (secondary N) is 1. The van der Waals surface area contributed by atoms with Crippen molar-refractivity contribution in [2.75, 3.05) is 26.3 Å². The van der Waals surface area contributed by atoms with E-state index in [9.17, 15) is 4.79 Å². The molecule has 1 aliphatic rings. The van der Waals surface area contributed by atoms with Crippen molar-refractivity contribution in [2.24, 2.45) is 0 Å². The van der Waals surface area contributed by atoms with E-state index < -0.39 is 0 Å². The summed E-state index contributed by atoms with van der Waals surface area (Å²) in [6.07, 6.45) is 3.93. The summed E-state index contributed by atoms with van der Waals surface area (Å²) in [5.41, 5.74) is 3.44. The lowest BCUT2D eigenvalue weighted by Crippen LogP contribution is -2.40. The number of aromatic amines is 1. The maximum Gasteiger partial charge on any atom is 0.256 e. The molecule has 4 rings (SSSR count). The molecule has 1 saturated heterocycles. The van der Waals surface area contributed by atoms with Crippen molar-refractivity contribution >= 4 is 56.5 Å². The van der Waals surface area contributed by atoms with E-state index >= 15 is 0 Å². The third kappa shape index (κ3) is 3.95. The molecular weight excluding hydrogens is 428 g/mol. The van der Waals surface area contributed by atoms with Gasteiger partial charge in [-0.05, 0) is 35.9 Å². The quantitative estimate of drug-likeness (QED) is 0.600. The Morgan fingerprint density at radius 2 is 1.85 bits per heavy atom. The molecule has 0 radical (unpaired) electrons. The zero-order chi connectivity index (χ0) is 18.8. The van der Waals surface area contributed by atoms with Gasteiger partial charge in [0.05, 0.1) is 24.5 Å². The number of amides is 1. The number of morpholine rings is 1.